The molecule has 0 unspecified atom stereocenters. The van der Waals surface area contributed by atoms with Gasteiger partial charge in [-0.05, 0) is 24.6 Å². The number of aliphatic hydroxyl groups is 1. The SMILES string of the molecule is Cc1cccc(Nc2ncnc3cnc(OCCNCCO)nc23)c1. The summed E-state index contributed by atoms with van der Waals surface area (Å²) in [5, 5.41) is 15.0. The van der Waals surface area contributed by atoms with E-state index in [0.717, 1.165) is 11.3 Å². The van der Waals surface area contributed by atoms with Gasteiger partial charge in [-0.15, -0.1) is 0 Å². The van der Waals surface area contributed by atoms with Crippen LogP contribution in [0.2, 0.25) is 0 Å². The maximum absolute atomic E-state index is 8.72. The lowest BCUT2D eigenvalue weighted by Gasteiger charge is -2.09. The van der Waals surface area contributed by atoms with E-state index in [0.29, 0.717) is 36.5 Å². The zero-order valence-electron chi connectivity index (χ0n) is 13.9. The van der Waals surface area contributed by atoms with Crippen molar-refractivity contribution in [1.29, 1.82) is 0 Å². The van der Waals surface area contributed by atoms with Crippen molar-refractivity contribution in [3.8, 4) is 6.01 Å². The van der Waals surface area contributed by atoms with E-state index >= 15 is 0 Å². The molecule has 0 amide bonds. The molecule has 130 valence electrons. The minimum atomic E-state index is 0.0950. The lowest BCUT2D eigenvalue weighted by atomic mass is 10.2. The van der Waals surface area contributed by atoms with Crippen LogP contribution in [0.25, 0.3) is 11.0 Å². The molecule has 1 aromatic carbocycles. The van der Waals surface area contributed by atoms with Crippen LogP contribution in [0.5, 0.6) is 6.01 Å². The van der Waals surface area contributed by atoms with Gasteiger partial charge in [-0.3, -0.25) is 0 Å². The van der Waals surface area contributed by atoms with Crippen molar-refractivity contribution in [2.45, 2.75) is 6.92 Å². The summed E-state index contributed by atoms with van der Waals surface area (Å²) in [6, 6.07) is 8.26. The summed E-state index contributed by atoms with van der Waals surface area (Å²) in [6.07, 6.45) is 3.09. The molecule has 3 rings (SSSR count). The number of hydrogen-bond acceptors (Lipinski definition) is 8. The summed E-state index contributed by atoms with van der Waals surface area (Å²) < 4.78 is 5.54. The monoisotopic (exact) mass is 340 g/mol. The zero-order valence-corrected chi connectivity index (χ0v) is 13.9. The highest BCUT2D eigenvalue weighted by atomic mass is 16.5. The predicted molar refractivity (Wildman–Crippen MR) is 95.0 cm³/mol. The highest BCUT2D eigenvalue weighted by Gasteiger charge is 2.09. The lowest BCUT2D eigenvalue weighted by molar-refractivity contribution is 0.267. The van der Waals surface area contributed by atoms with Gasteiger partial charge in [0, 0.05) is 18.8 Å². The predicted octanol–water partition coefficient (Wildman–Crippen LogP) is 1.43. The number of hydrogen-bond donors (Lipinski definition) is 3. The summed E-state index contributed by atoms with van der Waals surface area (Å²) in [4.78, 5) is 17.0. The molecule has 2 aromatic heterocycles. The van der Waals surface area contributed by atoms with Crippen LogP contribution in [0.3, 0.4) is 0 Å². The minimum absolute atomic E-state index is 0.0950. The summed E-state index contributed by atoms with van der Waals surface area (Å²) in [7, 11) is 0. The number of benzene rings is 1. The third kappa shape index (κ3) is 4.59. The molecule has 0 aliphatic carbocycles. The third-order valence-electron chi connectivity index (χ3n) is 3.43. The van der Waals surface area contributed by atoms with E-state index in [1.165, 1.54) is 6.33 Å². The average molecular weight is 340 g/mol. The quantitative estimate of drug-likeness (QED) is 0.529. The first-order valence-corrected chi connectivity index (χ1v) is 8.02. The van der Waals surface area contributed by atoms with Crippen molar-refractivity contribution >= 4 is 22.5 Å². The highest BCUT2D eigenvalue weighted by molar-refractivity contribution is 5.86. The van der Waals surface area contributed by atoms with Gasteiger partial charge in [0.05, 0.1) is 12.8 Å². The molecule has 8 heteroatoms. The van der Waals surface area contributed by atoms with Gasteiger partial charge in [0.25, 0.3) is 0 Å². The van der Waals surface area contributed by atoms with Crippen LogP contribution in [-0.2, 0) is 0 Å². The van der Waals surface area contributed by atoms with Crippen LogP contribution in [-0.4, -0.2) is 51.3 Å². The summed E-state index contributed by atoms with van der Waals surface area (Å²) in [6.45, 7) is 3.65. The molecular weight excluding hydrogens is 320 g/mol. The molecule has 0 aliphatic heterocycles. The molecule has 2 heterocycles. The smallest absolute Gasteiger partial charge is 0.317 e. The molecule has 3 aromatic rings. The molecule has 0 saturated heterocycles. The second-order valence-electron chi connectivity index (χ2n) is 5.43. The molecule has 8 nitrogen and oxygen atoms in total. The molecule has 0 saturated carbocycles. The number of nitrogens with zero attached hydrogens (tertiary/aromatic N) is 4. The van der Waals surface area contributed by atoms with E-state index in [2.05, 4.69) is 30.6 Å². The van der Waals surface area contributed by atoms with Gasteiger partial charge in [-0.1, -0.05) is 12.1 Å². The van der Waals surface area contributed by atoms with Gasteiger partial charge in [0.1, 0.15) is 24.0 Å². The van der Waals surface area contributed by atoms with Crippen LogP contribution in [0, 0.1) is 6.92 Å². The Bertz CT molecular complexity index is 842. The van der Waals surface area contributed by atoms with Crippen molar-refractivity contribution in [1.82, 2.24) is 25.3 Å². The van der Waals surface area contributed by atoms with E-state index in [1.807, 2.05) is 31.2 Å². The van der Waals surface area contributed by atoms with Crippen LogP contribution in [0.15, 0.2) is 36.8 Å². The summed E-state index contributed by atoms with van der Waals surface area (Å²) in [5.74, 6) is 0.598. The van der Waals surface area contributed by atoms with Crippen LogP contribution < -0.4 is 15.4 Å². The minimum Gasteiger partial charge on any atom is -0.462 e. The van der Waals surface area contributed by atoms with Crippen molar-refractivity contribution in [2.75, 3.05) is 31.6 Å². The number of rotatable bonds is 8. The molecule has 0 spiro atoms. The number of ether oxygens (including phenoxy) is 1. The first-order valence-electron chi connectivity index (χ1n) is 8.02. The second kappa shape index (κ2) is 8.32. The van der Waals surface area contributed by atoms with Crippen molar-refractivity contribution in [3.05, 3.63) is 42.4 Å². The largest absolute Gasteiger partial charge is 0.462 e. The Balaban J connectivity index is 1.77. The molecule has 0 bridgehead atoms. The number of aryl methyl sites for hydroxylation is 1. The topological polar surface area (TPSA) is 105 Å². The van der Waals surface area contributed by atoms with Crippen LogP contribution >= 0.6 is 0 Å². The van der Waals surface area contributed by atoms with E-state index in [-0.39, 0.29) is 12.6 Å². The van der Waals surface area contributed by atoms with Gasteiger partial charge < -0.3 is 20.5 Å². The first-order chi connectivity index (χ1) is 12.3. The van der Waals surface area contributed by atoms with E-state index in [9.17, 15) is 0 Å². The van der Waals surface area contributed by atoms with E-state index in [4.69, 9.17) is 9.84 Å². The molecular formula is C17H20N6O2. The second-order valence-corrected chi connectivity index (χ2v) is 5.43. The van der Waals surface area contributed by atoms with Crippen molar-refractivity contribution in [2.24, 2.45) is 0 Å². The Morgan fingerprint density at radius 3 is 2.92 bits per heavy atom. The molecule has 0 aliphatic rings. The molecule has 0 radical (unpaired) electrons. The Hall–Kier alpha value is -2.84. The standard InChI is InChI=1S/C17H20N6O2/c1-12-3-2-4-13(9-12)22-16-15-14(20-11-21-16)10-19-17(23-15)25-8-6-18-5-7-24/h2-4,9-11,18,24H,5-8H2,1H3,(H,20,21,22). The maximum Gasteiger partial charge on any atom is 0.317 e. The van der Waals surface area contributed by atoms with E-state index in [1.54, 1.807) is 6.20 Å². The summed E-state index contributed by atoms with van der Waals surface area (Å²) in [5.41, 5.74) is 3.31. The maximum atomic E-state index is 8.72. The molecule has 0 fully saturated rings. The zero-order chi connectivity index (χ0) is 17.5. The fourth-order valence-corrected chi connectivity index (χ4v) is 2.28. The van der Waals surface area contributed by atoms with Crippen molar-refractivity contribution < 1.29 is 9.84 Å². The van der Waals surface area contributed by atoms with Crippen LogP contribution in [0.4, 0.5) is 11.5 Å². The molecule has 0 atom stereocenters. The Morgan fingerprint density at radius 1 is 1.16 bits per heavy atom. The fraction of sp³-hybridized carbons (Fsp3) is 0.294. The lowest BCUT2D eigenvalue weighted by Crippen LogP contribution is -2.24. The van der Waals surface area contributed by atoms with Crippen LogP contribution in [0.1, 0.15) is 5.56 Å². The average Bonchev–Trinajstić information content (AvgIpc) is 2.62. The van der Waals surface area contributed by atoms with E-state index < -0.39 is 0 Å². The number of nitrogens with one attached hydrogen (secondary N) is 2. The van der Waals surface area contributed by atoms with Gasteiger partial charge in [0.15, 0.2) is 5.82 Å². The third-order valence-corrected chi connectivity index (χ3v) is 3.43. The van der Waals surface area contributed by atoms with Gasteiger partial charge in [-0.2, -0.15) is 4.98 Å². The Kier molecular flexibility index (Phi) is 5.65. The van der Waals surface area contributed by atoms with Gasteiger partial charge >= 0.3 is 6.01 Å². The normalized spacial score (nSPS) is 10.8. The highest BCUT2D eigenvalue weighted by Crippen LogP contribution is 2.22. The first kappa shape index (κ1) is 17.0. The number of aliphatic hydroxyl groups excluding tert-OH is 1. The van der Waals surface area contributed by atoms with Gasteiger partial charge in [0.2, 0.25) is 0 Å². The number of anilines is 2. The number of aromatic nitrogens is 4. The van der Waals surface area contributed by atoms with Crippen molar-refractivity contribution in [3.63, 3.8) is 0 Å². The fourth-order valence-electron chi connectivity index (χ4n) is 2.28. The number of fused-ring (bicyclic) bond motifs is 1. The Labute approximate surface area is 145 Å². The summed E-state index contributed by atoms with van der Waals surface area (Å²) >= 11 is 0. The molecule has 25 heavy (non-hydrogen) atoms. The van der Waals surface area contributed by atoms with Gasteiger partial charge in [-0.25, -0.2) is 15.0 Å². The molecule has 3 N–H and O–H groups in total. The Morgan fingerprint density at radius 2 is 2.08 bits per heavy atom.